The topological polar surface area (TPSA) is 72.3 Å². The van der Waals surface area contributed by atoms with Crippen molar-refractivity contribution in [2.24, 2.45) is 5.92 Å². The zero-order chi connectivity index (χ0) is 17.1. The SMILES string of the molecule is COCCC(=O)N1CCC[C@@H]([C@@H]2C[C@H](C(F)F)n3ncnc3N2)C1. The van der Waals surface area contributed by atoms with Gasteiger partial charge in [-0.25, -0.2) is 13.5 Å². The van der Waals surface area contributed by atoms with Crippen molar-refractivity contribution in [3.8, 4) is 0 Å². The van der Waals surface area contributed by atoms with E-state index < -0.39 is 12.5 Å². The Morgan fingerprint density at radius 2 is 2.38 bits per heavy atom. The summed E-state index contributed by atoms with van der Waals surface area (Å²) in [4.78, 5) is 18.1. The second-order valence-corrected chi connectivity index (χ2v) is 6.40. The van der Waals surface area contributed by atoms with Crippen LogP contribution >= 0.6 is 0 Å². The molecule has 1 aromatic rings. The van der Waals surface area contributed by atoms with E-state index in [1.165, 1.54) is 11.0 Å². The number of carbonyl (C=O) groups is 1. The van der Waals surface area contributed by atoms with Crippen molar-refractivity contribution in [2.45, 2.75) is 44.2 Å². The van der Waals surface area contributed by atoms with Crippen LogP contribution in [0.1, 0.15) is 31.7 Å². The number of aromatic nitrogens is 3. The lowest BCUT2D eigenvalue weighted by atomic mass is 9.86. The summed E-state index contributed by atoms with van der Waals surface area (Å²) in [6.07, 6.45) is 1.25. The van der Waals surface area contributed by atoms with Crippen LogP contribution in [0, 0.1) is 5.92 Å². The number of nitrogens with zero attached hydrogens (tertiary/aromatic N) is 4. The molecule has 9 heteroatoms. The molecule has 0 radical (unpaired) electrons. The molecule has 0 bridgehead atoms. The number of alkyl halides is 2. The van der Waals surface area contributed by atoms with E-state index in [4.69, 9.17) is 4.74 Å². The summed E-state index contributed by atoms with van der Waals surface area (Å²) in [5, 5.41) is 7.13. The minimum atomic E-state index is -2.49. The highest BCUT2D eigenvalue weighted by Crippen LogP contribution is 2.35. The summed E-state index contributed by atoms with van der Waals surface area (Å²) < 4.78 is 33.0. The summed E-state index contributed by atoms with van der Waals surface area (Å²) >= 11 is 0. The van der Waals surface area contributed by atoms with E-state index in [0.717, 1.165) is 19.4 Å². The first-order valence-electron chi connectivity index (χ1n) is 8.31. The highest BCUT2D eigenvalue weighted by atomic mass is 19.3. The third-order valence-electron chi connectivity index (χ3n) is 4.89. The maximum absolute atomic E-state index is 13.4. The molecule has 3 rings (SSSR count). The van der Waals surface area contributed by atoms with E-state index in [-0.39, 0.29) is 17.9 Å². The number of amides is 1. The number of likely N-dealkylation sites (tertiary alicyclic amines) is 1. The summed E-state index contributed by atoms with van der Waals surface area (Å²) in [5.74, 6) is 0.585. The molecule has 1 N–H and O–H groups in total. The smallest absolute Gasteiger partial charge is 0.260 e. The summed E-state index contributed by atoms with van der Waals surface area (Å²) in [5.41, 5.74) is 0. The van der Waals surface area contributed by atoms with Gasteiger partial charge in [0, 0.05) is 26.2 Å². The Morgan fingerprint density at radius 3 is 3.12 bits per heavy atom. The molecule has 1 amide bonds. The highest BCUT2D eigenvalue weighted by Gasteiger charge is 2.38. The van der Waals surface area contributed by atoms with Gasteiger partial charge in [-0.2, -0.15) is 10.1 Å². The van der Waals surface area contributed by atoms with E-state index in [1.807, 2.05) is 4.90 Å². The predicted molar refractivity (Wildman–Crippen MR) is 82.9 cm³/mol. The molecule has 0 spiro atoms. The first-order chi connectivity index (χ1) is 11.6. The second-order valence-electron chi connectivity index (χ2n) is 6.40. The molecule has 0 saturated carbocycles. The van der Waals surface area contributed by atoms with Gasteiger partial charge in [0.2, 0.25) is 11.9 Å². The monoisotopic (exact) mass is 343 g/mol. The van der Waals surface area contributed by atoms with Crippen LogP contribution in [0.5, 0.6) is 0 Å². The third kappa shape index (κ3) is 3.50. The fraction of sp³-hybridized carbons (Fsp3) is 0.800. The van der Waals surface area contributed by atoms with Crippen molar-refractivity contribution in [3.05, 3.63) is 6.33 Å². The number of piperidine rings is 1. The van der Waals surface area contributed by atoms with Crippen LogP contribution < -0.4 is 5.32 Å². The summed E-state index contributed by atoms with van der Waals surface area (Å²) in [7, 11) is 1.57. The van der Waals surface area contributed by atoms with E-state index in [0.29, 0.717) is 31.9 Å². The maximum atomic E-state index is 13.4. The molecule has 0 unspecified atom stereocenters. The van der Waals surface area contributed by atoms with Crippen molar-refractivity contribution in [1.82, 2.24) is 19.7 Å². The molecular weight excluding hydrogens is 320 g/mol. The molecule has 0 aromatic carbocycles. The molecule has 2 aliphatic rings. The largest absolute Gasteiger partial charge is 0.384 e. The fourth-order valence-electron chi connectivity index (χ4n) is 3.61. The molecule has 1 fully saturated rings. The average molecular weight is 343 g/mol. The minimum Gasteiger partial charge on any atom is -0.384 e. The highest BCUT2D eigenvalue weighted by molar-refractivity contribution is 5.76. The first kappa shape index (κ1) is 17.1. The number of halogens is 2. The van der Waals surface area contributed by atoms with Crippen LogP contribution in [0.4, 0.5) is 14.7 Å². The number of carbonyl (C=O) groups excluding carboxylic acids is 1. The number of hydrogen-bond acceptors (Lipinski definition) is 5. The van der Waals surface area contributed by atoms with Crippen molar-refractivity contribution in [2.75, 3.05) is 32.1 Å². The van der Waals surface area contributed by atoms with Crippen molar-refractivity contribution in [1.29, 1.82) is 0 Å². The number of ether oxygens (including phenoxy) is 1. The Bertz CT molecular complexity index is 568. The van der Waals surface area contributed by atoms with Crippen LogP contribution in [-0.2, 0) is 9.53 Å². The Kier molecular flexibility index (Phi) is 5.27. The van der Waals surface area contributed by atoms with E-state index >= 15 is 0 Å². The molecule has 1 aromatic heterocycles. The van der Waals surface area contributed by atoms with Gasteiger partial charge in [-0.15, -0.1) is 0 Å². The van der Waals surface area contributed by atoms with Crippen molar-refractivity contribution in [3.63, 3.8) is 0 Å². The second kappa shape index (κ2) is 7.42. The van der Waals surface area contributed by atoms with Crippen LogP contribution in [0.15, 0.2) is 6.33 Å². The quantitative estimate of drug-likeness (QED) is 0.878. The standard InChI is InChI=1S/C15H23F2N5O2/c1-24-6-4-13(23)21-5-2-3-10(8-21)11-7-12(14(16)17)22-15(20-11)18-9-19-22/h9-12,14H,2-8H2,1H3,(H,18,19,20)/t10-,11+,12-/m1/s1. The van der Waals surface area contributed by atoms with Crippen LogP contribution in [0.25, 0.3) is 0 Å². The number of nitrogens with one attached hydrogen (secondary N) is 1. The number of anilines is 1. The number of fused-ring (bicyclic) bond motifs is 1. The number of rotatable bonds is 5. The van der Waals surface area contributed by atoms with Crippen molar-refractivity contribution >= 4 is 11.9 Å². The van der Waals surface area contributed by atoms with E-state index in [2.05, 4.69) is 15.4 Å². The maximum Gasteiger partial charge on any atom is 0.260 e. The zero-order valence-corrected chi connectivity index (χ0v) is 13.7. The molecule has 3 atom stereocenters. The first-order valence-corrected chi connectivity index (χ1v) is 8.31. The summed E-state index contributed by atoms with van der Waals surface area (Å²) in [6, 6.07) is -1.09. The van der Waals surface area contributed by atoms with Gasteiger partial charge in [0.05, 0.1) is 13.0 Å². The Labute approximate surface area is 139 Å². The van der Waals surface area contributed by atoms with Gasteiger partial charge in [0.1, 0.15) is 12.4 Å². The number of methoxy groups -OCH3 is 1. The van der Waals surface area contributed by atoms with Gasteiger partial charge in [-0.05, 0) is 25.2 Å². The van der Waals surface area contributed by atoms with E-state index in [1.54, 1.807) is 7.11 Å². The minimum absolute atomic E-state index is 0.0611. The lowest BCUT2D eigenvalue weighted by Crippen LogP contribution is -2.48. The van der Waals surface area contributed by atoms with Gasteiger partial charge in [0.15, 0.2) is 0 Å². The van der Waals surface area contributed by atoms with Gasteiger partial charge < -0.3 is 15.0 Å². The molecule has 1 saturated heterocycles. The van der Waals surface area contributed by atoms with Gasteiger partial charge in [-0.3, -0.25) is 4.79 Å². The Hall–Kier alpha value is -1.77. The van der Waals surface area contributed by atoms with Crippen LogP contribution in [-0.4, -0.2) is 64.8 Å². The van der Waals surface area contributed by atoms with Gasteiger partial charge in [0.25, 0.3) is 6.43 Å². The Balaban J connectivity index is 1.67. The Morgan fingerprint density at radius 1 is 1.54 bits per heavy atom. The van der Waals surface area contributed by atoms with Crippen molar-refractivity contribution < 1.29 is 18.3 Å². The molecule has 0 aliphatic carbocycles. The zero-order valence-electron chi connectivity index (χ0n) is 13.7. The number of hydrogen-bond donors (Lipinski definition) is 1. The molecule has 134 valence electrons. The average Bonchev–Trinajstić information content (AvgIpc) is 3.07. The summed E-state index contributed by atoms with van der Waals surface area (Å²) in [6.45, 7) is 1.71. The van der Waals surface area contributed by atoms with Crippen LogP contribution in [0.2, 0.25) is 0 Å². The molecule has 2 aliphatic heterocycles. The molecule has 7 nitrogen and oxygen atoms in total. The van der Waals surface area contributed by atoms with Crippen LogP contribution in [0.3, 0.4) is 0 Å². The van der Waals surface area contributed by atoms with E-state index in [9.17, 15) is 13.6 Å². The van der Waals surface area contributed by atoms with Gasteiger partial charge in [-0.1, -0.05) is 0 Å². The predicted octanol–water partition coefficient (Wildman–Crippen LogP) is 1.54. The fourth-order valence-corrected chi connectivity index (χ4v) is 3.61. The molecule has 3 heterocycles. The molecular formula is C15H23F2N5O2. The third-order valence-corrected chi connectivity index (χ3v) is 4.89. The lowest BCUT2D eigenvalue weighted by Gasteiger charge is -2.40. The van der Waals surface area contributed by atoms with Gasteiger partial charge >= 0.3 is 0 Å². The normalized spacial score (nSPS) is 27.0. The lowest BCUT2D eigenvalue weighted by molar-refractivity contribution is -0.134. The molecule has 24 heavy (non-hydrogen) atoms.